The predicted molar refractivity (Wildman–Crippen MR) is 147 cm³/mol. The van der Waals surface area contributed by atoms with Gasteiger partial charge in [0.1, 0.15) is 5.65 Å². The van der Waals surface area contributed by atoms with E-state index in [0.717, 1.165) is 60.9 Å². The fourth-order valence-corrected chi connectivity index (χ4v) is 4.88. The molecule has 1 aliphatic heterocycles. The smallest absolute Gasteiger partial charge is 0.228 e. The average Bonchev–Trinajstić information content (AvgIpc) is 3.26. The van der Waals surface area contributed by atoms with Crippen molar-refractivity contribution in [2.24, 2.45) is 0 Å². The zero-order chi connectivity index (χ0) is 25.1. The molecule has 2 aromatic carbocycles. The first-order chi connectivity index (χ1) is 17.5. The monoisotopic (exact) mass is 478 g/mol. The van der Waals surface area contributed by atoms with Crippen molar-refractivity contribution in [2.75, 3.05) is 32.7 Å². The van der Waals surface area contributed by atoms with E-state index < -0.39 is 0 Å². The van der Waals surface area contributed by atoms with E-state index in [-0.39, 0.29) is 5.91 Å². The fourth-order valence-electron chi connectivity index (χ4n) is 4.88. The summed E-state index contributed by atoms with van der Waals surface area (Å²) in [5.41, 5.74) is 8.68. The second-order valence-electron chi connectivity index (χ2n) is 9.76. The van der Waals surface area contributed by atoms with Gasteiger partial charge >= 0.3 is 0 Å². The Morgan fingerprint density at radius 1 is 0.889 bits per heavy atom. The molecule has 0 atom stereocenters. The number of aromatic nitrogens is 2. The lowest BCUT2D eigenvalue weighted by atomic mass is 10.0. The molecule has 5 heteroatoms. The van der Waals surface area contributed by atoms with E-state index in [1.165, 1.54) is 16.7 Å². The van der Waals surface area contributed by atoms with Gasteiger partial charge in [0.2, 0.25) is 5.91 Å². The number of piperazine rings is 1. The molecule has 1 fully saturated rings. The molecular weight excluding hydrogens is 444 g/mol. The van der Waals surface area contributed by atoms with Crippen molar-refractivity contribution in [3.63, 3.8) is 0 Å². The van der Waals surface area contributed by atoms with Gasteiger partial charge in [-0.1, -0.05) is 60.7 Å². The summed E-state index contributed by atoms with van der Waals surface area (Å²) in [6.45, 7) is 10.5. The average molecular weight is 479 g/mol. The second kappa shape index (κ2) is 10.5. The Balaban J connectivity index is 1.30. The highest BCUT2D eigenvalue weighted by atomic mass is 16.2. The maximum absolute atomic E-state index is 13.5. The van der Waals surface area contributed by atoms with Crippen molar-refractivity contribution >= 4 is 17.6 Å². The van der Waals surface area contributed by atoms with Gasteiger partial charge in [-0.05, 0) is 55.2 Å². The summed E-state index contributed by atoms with van der Waals surface area (Å²) in [5, 5.41) is 0. The number of carbonyl (C=O) groups excluding carboxylic acids is 1. The largest absolute Gasteiger partial charge is 0.340 e. The summed E-state index contributed by atoms with van der Waals surface area (Å²) in [5.74, 6) is 0.169. The number of pyridine rings is 1. The van der Waals surface area contributed by atoms with E-state index in [4.69, 9.17) is 4.98 Å². The summed E-state index contributed by atoms with van der Waals surface area (Å²) in [7, 11) is 0. The first-order valence-electron chi connectivity index (χ1n) is 12.8. The van der Waals surface area contributed by atoms with Crippen molar-refractivity contribution in [3.05, 3.63) is 101 Å². The molecule has 1 aliphatic rings. The van der Waals surface area contributed by atoms with E-state index in [2.05, 4.69) is 90.8 Å². The van der Waals surface area contributed by atoms with Gasteiger partial charge in [-0.2, -0.15) is 0 Å². The predicted octanol–water partition coefficient (Wildman–Crippen LogP) is 5.33. The fraction of sp³-hybridized carbons (Fsp3) is 0.290. The normalized spacial score (nSPS) is 14.7. The molecular formula is C31H34N4O. The van der Waals surface area contributed by atoms with Crippen molar-refractivity contribution in [1.82, 2.24) is 19.2 Å². The number of rotatable bonds is 6. The number of fused-ring (bicyclic) bond motifs is 1. The third-order valence-corrected chi connectivity index (χ3v) is 7.24. The molecule has 0 bridgehead atoms. The zero-order valence-electron chi connectivity index (χ0n) is 21.4. The molecule has 184 valence electrons. The summed E-state index contributed by atoms with van der Waals surface area (Å²) in [6, 6.07) is 20.9. The summed E-state index contributed by atoms with van der Waals surface area (Å²) < 4.78 is 2.10. The molecule has 0 radical (unpaired) electrons. The minimum absolute atomic E-state index is 0.169. The molecule has 1 amide bonds. The van der Waals surface area contributed by atoms with Crippen LogP contribution in [0.25, 0.3) is 23.0 Å². The maximum atomic E-state index is 13.5. The van der Waals surface area contributed by atoms with Gasteiger partial charge in [0.05, 0.1) is 17.8 Å². The summed E-state index contributed by atoms with van der Waals surface area (Å²) >= 11 is 0. The lowest BCUT2D eigenvalue weighted by Gasteiger charge is -2.34. The minimum Gasteiger partial charge on any atom is -0.340 e. The molecule has 0 unspecified atom stereocenters. The molecule has 0 aliphatic carbocycles. The third kappa shape index (κ3) is 5.12. The molecule has 0 N–H and O–H groups in total. The van der Waals surface area contributed by atoms with Crippen molar-refractivity contribution in [3.8, 4) is 11.3 Å². The van der Waals surface area contributed by atoms with Crippen LogP contribution in [-0.4, -0.2) is 57.8 Å². The Labute approximate surface area is 213 Å². The standard InChI is InChI=1S/C31H34N4O/c1-23-13-14-27(21-25(23)3)30-28(35-16-7-9-24(2)31(35)32-30)22-29(36)34-19-17-33(18-20-34)15-8-12-26-10-5-4-6-11-26/h4-14,16,21H,15,17-20,22H2,1-3H3/b12-8+. The Hall–Kier alpha value is -3.70. The van der Waals surface area contributed by atoms with Crippen LogP contribution in [0.5, 0.6) is 0 Å². The highest BCUT2D eigenvalue weighted by Gasteiger charge is 2.24. The molecule has 36 heavy (non-hydrogen) atoms. The SMILES string of the molecule is Cc1ccc(-c2nc3c(C)cccn3c2CC(=O)N2CCN(C/C=C/c3ccccc3)CC2)cc1C. The summed E-state index contributed by atoms with van der Waals surface area (Å²) in [4.78, 5) is 22.9. The Bertz CT molecular complexity index is 1400. The van der Waals surface area contributed by atoms with Gasteiger partial charge in [-0.3, -0.25) is 9.69 Å². The quantitative estimate of drug-likeness (QED) is 0.376. The van der Waals surface area contributed by atoms with E-state index >= 15 is 0 Å². The van der Waals surface area contributed by atoms with Crippen LogP contribution >= 0.6 is 0 Å². The molecule has 0 spiro atoms. The van der Waals surface area contributed by atoms with Crippen LogP contribution in [0.2, 0.25) is 0 Å². The molecule has 2 aromatic heterocycles. The Kier molecular flexibility index (Phi) is 7.01. The van der Waals surface area contributed by atoms with Gasteiger partial charge in [0.15, 0.2) is 0 Å². The van der Waals surface area contributed by atoms with Gasteiger partial charge in [0, 0.05) is 44.5 Å². The zero-order valence-corrected chi connectivity index (χ0v) is 21.4. The molecule has 3 heterocycles. The van der Waals surface area contributed by atoms with Crippen molar-refractivity contribution in [1.29, 1.82) is 0 Å². The molecule has 4 aromatic rings. The van der Waals surface area contributed by atoms with E-state index in [0.29, 0.717) is 6.42 Å². The van der Waals surface area contributed by atoms with Gasteiger partial charge in [-0.25, -0.2) is 4.98 Å². The van der Waals surface area contributed by atoms with Crippen LogP contribution < -0.4 is 0 Å². The van der Waals surface area contributed by atoms with Crippen LogP contribution in [0, 0.1) is 20.8 Å². The third-order valence-electron chi connectivity index (χ3n) is 7.24. The van der Waals surface area contributed by atoms with Gasteiger partial charge < -0.3 is 9.30 Å². The van der Waals surface area contributed by atoms with Crippen molar-refractivity contribution < 1.29 is 4.79 Å². The molecule has 0 saturated carbocycles. The van der Waals surface area contributed by atoms with Crippen LogP contribution in [0.15, 0.2) is 72.9 Å². The van der Waals surface area contributed by atoms with Crippen LogP contribution in [-0.2, 0) is 11.2 Å². The molecule has 1 saturated heterocycles. The van der Waals surface area contributed by atoms with Crippen LogP contribution in [0.1, 0.15) is 27.9 Å². The lowest BCUT2D eigenvalue weighted by Crippen LogP contribution is -2.49. The molecule has 5 rings (SSSR count). The number of aryl methyl sites for hydroxylation is 3. The van der Waals surface area contributed by atoms with Gasteiger partial charge in [-0.15, -0.1) is 0 Å². The topological polar surface area (TPSA) is 40.9 Å². The number of hydrogen-bond acceptors (Lipinski definition) is 3. The highest BCUT2D eigenvalue weighted by Crippen LogP contribution is 2.28. The highest BCUT2D eigenvalue weighted by molar-refractivity contribution is 5.82. The first-order valence-corrected chi connectivity index (χ1v) is 12.8. The van der Waals surface area contributed by atoms with Crippen molar-refractivity contribution in [2.45, 2.75) is 27.2 Å². The number of imidazole rings is 1. The Morgan fingerprint density at radius 2 is 1.67 bits per heavy atom. The van der Waals surface area contributed by atoms with E-state index in [1.807, 2.05) is 23.2 Å². The number of benzene rings is 2. The lowest BCUT2D eigenvalue weighted by molar-refractivity contribution is -0.132. The number of nitrogens with zero attached hydrogens (tertiary/aromatic N) is 4. The number of carbonyl (C=O) groups is 1. The minimum atomic E-state index is 0.169. The first kappa shape index (κ1) is 24.0. The maximum Gasteiger partial charge on any atom is 0.228 e. The number of amides is 1. The van der Waals surface area contributed by atoms with E-state index in [1.54, 1.807) is 0 Å². The number of hydrogen-bond donors (Lipinski definition) is 0. The summed E-state index contributed by atoms with van der Waals surface area (Å²) in [6.07, 6.45) is 6.75. The van der Waals surface area contributed by atoms with Gasteiger partial charge in [0.25, 0.3) is 0 Å². The Morgan fingerprint density at radius 3 is 2.42 bits per heavy atom. The second-order valence-corrected chi connectivity index (χ2v) is 9.76. The van der Waals surface area contributed by atoms with Crippen LogP contribution in [0.4, 0.5) is 0 Å². The van der Waals surface area contributed by atoms with E-state index in [9.17, 15) is 4.79 Å². The molecule has 5 nitrogen and oxygen atoms in total. The van der Waals surface area contributed by atoms with Crippen LogP contribution in [0.3, 0.4) is 0 Å².